The number of nitrogens with one attached hydrogen (secondary N) is 1. The molecule has 1 aromatic carbocycles. The number of rotatable bonds is 7. The Morgan fingerprint density at radius 3 is 2.35 bits per heavy atom. The second-order valence-electron chi connectivity index (χ2n) is 5.52. The minimum absolute atomic E-state index is 0.445. The Balaban J connectivity index is 2.65. The number of nitrogens with two attached hydrogens (primary N) is 2. The van der Waals surface area contributed by atoms with Crippen molar-refractivity contribution in [1.82, 2.24) is 4.90 Å². The number of primary amides is 1. The van der Waals surface area contributed by atoms with E-state index in [-0.39, 0.29) is 0 Å². The first kappa shape index (κ1) is 16.3. The molecule has 5 N–H and O–H groups in total. The van der Waals surface area contributed by atoms with Gasteiger partial charge in [-0.15, -0.1) is 0 Å². The Hall–Kier alpha value is -1.75. The van der Waals surface area contributed by atoms with Gasteiger partial charge < -0.3 is 16.8 Å². The van der Waals surface area contributed by atoms with Crippen molar-refractivity contribution in [1.29, 1.82) is 0 Å². The Labute approximate surface area is 121 Å². The lowest BCUT2D eigenvalue weighted by atomic mass is 10.1. The molecule has 0 saturated carbocycles. The van der Waals surface area contributed by atoms with Crippen LogP contribution in [0.3, 0.4) is 0 Å². The Kier molecular flexibility index (Phi) is 5.82. The van der Waals surface area contributed by atoms with E-state index in [0.717, 1.165) is 18.8 Å². The lowest BCUT2D eigenvalue weighted by Crippen LogP contribution is -2.40. The van der Waals surface area contributed by atoms with Crippen molar-refractivity contribution in [2.75, 3.05) is 24.1 Å². The van der Waals surface area contributed by atoms with Gasteiger partial charge in [0.05, 0.1) is 11.4 Å². The molecule has 20 heavy (non-hydrogen) atoms. The van der Waals surface area contributed by atoms with Crippen molar-refractivity contribution >= 4 is 17.3 Å². The van der Waals surface area contributed by atoms with E-state index in [2.05, 4.69) is 37.9 Å². The molecule has 0 bridgehead atoms. The number of hydrogen-bond acceptors (Lipinski definition) is 4. The van der Waals surface area contributed by atoms with Gasteiger partial charge in [-0.2, -0.15) is 0 Å². The van der Waals surface area contributed by atoms with E-state index in [4.69, 9.17) is 11.5 Å². The van der Waals surface area contributed by atoms with E-state index >= 15 is 0 Å². The summed E-state index contributed by atoms with van der Waals surface area (Å²) in [7, 11) is 0. The summed E-state index contributed by atoms with van der Waals surface area (Å²) in [5.74, 6) is -0.445. The smallest absolute Gasteiger partial charge is 0.248 e. The molecule has 5 heteroatoms. The number of amides is 1. The number of anilines is 2. The third kappa shape index (κ3) is 4.42. The molecule has 0 spiro atoms. The molecule has 0 aliphatic carbocycles. The Bertz CT molecular complexity index is 449. The highest BCUT2D eigenvalue weighted by molar-refractivity contribution is 5.94. The van der Waals surface area contributed by atoms with Crippen LogP contribution in [-0.4, -0.2) is 36.0 Å². The van der Waals surface area contributed by atoms with Gasteiger partial charge in [-0.25, -0.2) is 0 Å². The lowest BCUT2D eigenvalue weighted by Gasteiger charge is -2.30. The molecule has 1 rings (SSSR count). The van der Waals surface area contributed by atoms with Gasteiger partial charge in [0.2, 0.25) is 5.91 Å². The second kappa shape index (κ2) is 7.14. The molecule has 1 amide bonds. The fourth-order valence-corrected chi connectivity index (χ4v) is 2.29. The second-order valence-corrected chi connectivity index (χ2v) is 5.52. The van der Waals surface area contributed by atoms with Crippen molar-refractivity contribution in [2.45, 2.75) is 39.8 Å². The molecule has 0 saturated heterocycles. The van der Waals surface area contributed by atoms with Gasteiger partial charge in [0.25, 0.3) is 0 Å². The molecule has 0 aromatic heterocycles. The summed E-state index contributed by atoms with van der Waals surface area (Å²) in [6, 6.07) is 6.02. The topological polar surface area (TPSA) is 84.4 Å². The molecule has 0 atom stereocenters. The van der Waals surface area contributed by atoms with E-state index in [1.54, 1.807) is 18.2 Å². The molecule has 0 fully saturated rings. The molecule has 1 aromatic rings. The van der Waals surface area contributed by atoms with Crippen LogP contribution in [0.25, 0.3) is 0 Å². The van der Waals surface area contributed by atoms with E-state index < -0.39 is 5.91 Å². The zero-order valence-electron chi connectivity index (χ0n) is 12.8. The normalized spacial score (nSPS) is 11.3. The van der Waals surface area contributed by atoms with Gasteiger partial charge in [0.15, 0.2) is 0 Å². The molecule has 0 aliphatic heterocycles. The van der Waals surface area contributed by atoms with Gasteiger partial charge in [-0.05, 0) is 45.9 Å². The maximum atomic E-state index is 11.2. The maximum absolute atomic E-state index is 11.2. The quantitative estimate of drug-likeness (QED) is 0.665. The first-order valence-corrected chi connectivity index (χ1v) is 7.02. The number of hydrogen-bond donors (Lipinski definition) is 3. The number of nitrogens with zero attached hydrogens (tertiary/aromatic N) is 1. The zero-order valence-corrected chi connectivity index (χ0v) is 12.8. The first-order valence-electron chi connectivity index (χ1n) is 7.02. The fraction of sp³-hybridized carbons (Fsp3) is 0.533. The van der Waals surface area contributed by atoms with Crippen LogP contribution in [0.5, 0.6) is 0 Å². The monoisotopic (exact) mass is 278 g/mol. The summed E-state index contributed by atoms with van der Waals surface area (Å²) < 4.78 is 0. The molecule has 112 valence electrons. The summed E-state index contributed by atoms with van der Waals surface area (Å²) in [6.45, 7) is 10.4. The van der Waals surface area contributed by atoms with Gasteiger partial charge in [0.1, 0.15) is 0 Å². The molecular formula is C15H26N4O. The zero-order chi connectivity index (χ0) is 15.3. The minimum Gasteiger partial charge on any atom is -0.397 e. The van der Waals surface area contributed by atoms with Crippen molar-refractivity contribution in [3.05, 3.63) is 23.8 Å². The van der Waals surface area contributed by atoms with Gasteiger partial charge in [-0.3, -0.25) is 9.69 Å². The molecule has 5 nitrogen and oxygen atoms in total. The first-order chi connectivity index (χ1) is 9.32. The highest BCUT2D eigenvalue weighted by Crippen LogP contribution is 2.19. The van der Waals surface area contributed by atoms with Crippen molar-refractivity contribution < 1.29 is 4.79 Å². The summed E-state index contributed by atoms with van der Waals surface area (Å²) in [6.07, 6.45) is 0. The van der Waals surface area contributed by atoms with E-state index in [0.29, 0.717) is 23.3 Å². The van der Waals surface area contributed by atoms with Gasteiger partial charge >= 0.3 is 0 Å². The van der Waals surface area contributed by atoms with Crippen molar-refractivity contribution in [2.24, 2.45) is 5.73 Å². The molecular weight excluding hydrogens is 252 g/mol. The van der Waals surface area contributed by atoms with Crippen LogP contribution < -0.4 is 16.8 Å². The molecule has 0 unspecified atom stereocenters. The largest absolute Gasteiger partial charge is 0.397 e. The standard InChI is InChI=1S/C15H26N4O/c1-10(2)19(11(3)4)8-7-18-14-9-12(15(17)20)5-6-13(14)16/h5-6,9-11,18H,7-8,16H2,1-4H3,(H2,17,20). The van der Waals surface area contributed by atoms with Gasteiger partial charge in [0, 0.05) is 30.7 Å². The Morgan fingerprint density at radius 2 is 1.85 bits per heavy atom. The van der Waals surface area contributed by atoms with E-state index in [9.17, 15) is 4.79 Å². The minimum atomic E-state index is -0.445. The number of carbonyl (C=O) groups excluding carboxylic acids is 1. The predicted molar refractivity (Wildman–Crippen MR) is 84.8 cm³/mol. The van der Waals surface area contributed by atoms with Crippen LogP contribution in [0.4, 0.5) is 11.4 Å². The van der Waals surface area contributed by atoms with Crippen LogP contribution in [0, 0.1) is 0 Å². The lowest BCUT2D eigenvalue weighted by molar-refractivity contribution is 0.100. The average Bonchev–Trinajstić information content (AvgIpc) is 2.35. The van der Waals surface area contributed by atoms with Crippen molar-refractivity contribution in [3.8, 4) is 0 Å². The van der Waals surface area contributed by atoms with Crippen LogP contribution in [-0.2, 0) is 0 Å². The molecule has 0 radical (unpaired) electrons. The van der Waals surface area contributed by atoms with Crippen molar-refractivity contribution in [3.63, 3.8) is 0 Å². The highest BCUT2D eigenvalue weighted by atomic mass is 16.1. The van der Waals surface area contributed by atoms with Crippen LogP contribution in [0.2, 0.25) is 0 Å². The van der Waals surface area contributed by atoms with Gasteiger partial charge in [-0.1, -0.05) is 0 Å². The highest BCUT2D eigenvalue weighted by Gasteiger charge is 2.12. The predicted octanol–water partition coefficient (Wildman–Crippen LogP) is 1.90. The summed E-state index contributed by atoms with van der Waals surface area (Å²) >= 11 is 0. The maximum Gasteiger partial charge on any atom is 0.248 e. The van der Waals surface area contributed by atoms with Crippen LogP contribution >= 0.6 is 0 Å². The Morgan fingerprint density at radius 1 is 1.25 bits per heavy atom. The van der Waals surface area contributed by atoms with Crippen LogP contribution in [0.1, 0.15) is 38.1 Å². The summed E-state index contributed by atoms with van der Waals surface area (Å²) in [5, 5.41) is 3.27. The van der Waals surface area contributed by atoms with E-state index in [1.165, 1.54) is 0 Å². The fourth-order valence-electron chi connectivity index (χ4n) is 2.29. The number of benzene rings is 1. The SMILES string of the molecule is CC(C)N(CCNc1cc(C(N)=O)ccc1N)C(C)C. The third-order valence-electron chi connectivity index (χ3n) is 3.35. The number of nitrogen functional groups attached to an aromatic ring is 1. The molecule has 0 heterocycles. The summed E-state index contributed by atoms with van der Waals surface area (Å²) in [4.78, 5) is 13.6. The van der Waals surface area contributed by atoms with Crippen LogP contribution in [0.15, 0.2) is 18.2 Å². The third-order valence-corrected chi connectivity index (χ3v) is 3.35. The van der Waals surface area contributed by atoms with E-state index in [1.807, 2.05) is 0 Å². The average molecular weight is 278 g/mol. The number of carbonyl (C=O) groups is 1. The summed E-state index contributed by atoms with van der Waals surface area (Å²) in [5.41, 5.74) is 13.0. The molecule has 0 aliphatic rings.